The van der Waals surface area contributed by atoms with Crippen molar-refractivity contribution in [2.45, 2.75) is 45.2 Å². The molecule has 1 aromatic heterocycles. The van der Waals surface area contributed by atoms with Crippen LogP contribution in [0.5, 0.6) is 0 Å². The number of hydrogen-bond acceptors (Lipinski definition) is 3. The van der Waals surface area contributed by atoms with Crippen molar-refractivity contribution in [1.82, 2.24) is 15.1 Å². The maximum Gasteiger partial charge on any atom is 0.319 e. The molecular formula is C13H22N4O2. The minimum atomic E-state index is -0.524. The number of urea groups is 1. The molecule has 0 saturated heterocycles. The molecule has 1 atom stereocenters. The van der Waals surface area contributed by atoms with Gasteiger partial charge in [-0.1, -0.05) is 6.92 Å². The first-order valence-electron chi connectivity index (χ1n) is 6.80. The third-order valence-electron chi connectivity index (χ3n) is 3.55. The van der Waals surface area contributed by atoms with Crippen LogP contribution in [0.3, 0.4) is 0 Å². The third-order valence-corrected chi connectivity index (χ3v) is 3.55. The topological polar surface area (TPSA) is 79.2 Å². The lowest BCUT2D eigenvalue weighted by atomic mass is 9.97. The van der Waals surface area contributed by atoms with Crippen LogP contribution in [-0.4, -0.2) is 33.1 Å². The molecule has 1 unspecified atom stereocenters. The molecule has 2 rings (SSSR count). The summed E-state index contributed by atoms with van der Waals surface area (Å²) in [7, 11) is 0. The molecule has 1 aliphatic rings. The molecule has 6 heteroatoms. The van der Waals surface area contributed by atoms with Crippen molar-refractivity contribution >= 4 is 11.7 Å². The number of rotatable bonds is 6. The quantitative estimate of drug-likeness (QED) is 0.731. The third kappa shape index (κ3) is 3.47. The highest BCUT2D eigenvalue weighted by atomic mass is 16.3. The number of carbonyl (C=O) groups excluding carboxylic acids is 1. The van der Waals surface area contributed by atoms with E-state index in [0.717, 1.165) is 25.8 Å². The first-order chi connectivity index (χ1) is 9.07. The second-order valence-electron chi connectivity index (χ2n) is 5.42. The van der Waals surface area contributed by atoms with E-state index in [9.17, 15) is 9.90 Å². The first-order valence-corrected chi connectivity index (χ1v) is 6.80. The van der Waals surface area contributed by atoms with Crippen LogP contribution in [-0.2, 0) is 6.54 Å². The molecule has 3 N–H and O–H groups in total. The van der Waals surface area contributed by atoms with Gasteiger partial charge in [0, 0.05) is 12.7 Å². The lowest BCUT2D eigenvalue weighted by Crippen LogP contribution is -2.52. The molecule has 0 bridgehead atoms. The molecule has 1 aromatic rings. The van der Waals surface area contributed by atoms with Gasteiger partial charge in [-0.05, 0) is 32.1 Å². The summed E-state index contributed by atoms with van der Waals surface area (Å²) in [6, 6.07) is -0.292. The van der Waals surface area contributed by atoms with Gasteiger partial charge < -0.3 is 15.7 Å². The van der Waals surface area contributed by atoms with Crippen molar-refractivity contribution < 1.29 is 9.90 Å². The van der Waals surface area contributed by atoms with E-state index in [0.29, 0.717) is 11.6 Å². The number of aliphatic hydroxyl groups is 1. The zero-order chi connectivity index (χ0) is 13.9. The summed E-state index contributed by atoms with van der Waals surface area (Å²) in [6.07, 6.45) is 6.55. The molecule has 0 aromatic carbocycles. The lowest BCUT2D eigenvalue weighted by Gasteiger charge is -2.28. The number of amides is 2. The Balaban J connectivity index is 1.89. The van der Waals surface area contributed by atoms with Crippen molar-refractivity contribution in [2.24, 2.45) is 5.92 Å². The van der Waals surface area contributed by atoms with Crippen LogP contribution in [0, 0.1) is 5.92 Å². The molecule has 6 nitrogen and oxygen atoms in total. The van der Waals surface area contributed by atoms with E-state index in [1.54, 1.807) is 17.1 Å². The van der Waals surface area contributed by atoms with Gasteiger partial charge in [0.2, 0.25) is 0 Å². The van der Waals surface area contributed by atoms with Crippen molar-refractivity contribution in [3.8, 4) is 0 Å². The van der Waals surface area contributed by atoms with Crippen molar-refractivity contribution in [2.75, 3.05) is 11.9 Å². The highest BCUT2D eigenvalue weighted by Gasteiger charge is 2.42. The Labute approximate surface area is 113 Å². The Hall–Kier alpha value is -1.56. The van der Waals surface area contributed by atoms with E-state index in [1.165, 1.54) is 0 Å². The zero-order valence-electron chi connectivity index (χ0n) is 11.5. The van der Waals surface area contributed by atoms with Crippen LogP contribution < -0.4 is 10.6 Å². The predicted molar refractivity (Wildman–Crippen MR) is 72.9 cm³/mol. The second-order valence-corrected chi connectivity index (χ2v) is 5.42. The number of carbonyl (C=O) groups is 1. The Morgan fingerprint density at radius 1 is 1.63 bits per heavy atom. The smallest absolute Gasteiger partial charge is 0.319 e. The molecule has 1 heterocycles. The highest BCUT2D eigenvalue weighted by Crippen LogP contribution is 2.39. The molecule has 2 amide bonds. The van der Waals surface area contributed by atoms with E-state index in [1.807, 2.05) is 6.92 Å². The molecule has 0 radical (unpaired) electrons. The number of anilines is 1. The summed E-state index contributed by atoms with van der Waals surface area (Å²) >= 11 is 0. The number of nitrogens with one attached hydrogen (secondary N) is 2. The number of hydrogen-bond donors (Lipinski definition) is 3. The largest absolute Gasteiger partial charge is 0.394 e. The summed E-state index contributed by atoms with van der Waals surface area (Å²) in [5.74, 6) is 0.381. The highest BCUT2D eigenvalue weighted by molar-refractivity contribution is 5.89. The number of nitrogens with zero attached hydrogens (tertiary/aromatic N) is 2. The Kier molecular flexibility index (Phi) is 4.09. The van der Waals surface area contributed by atoms with Gasteiger partial charge in [-0.3, -0.25) is 4.68 Å². The van der Waals surface area contributed by atoms with Crippen LogP contribution in [0.15, 0.2) is 12.4 Å². The van der Waals surface area contributed by atoms with E-state index in [2.05, 4.69) is 22.7 Å². The fourth-order valence-corrected chi connectivity index (χ4v) is 2.19. The van der Waals surface area contributed by atoms with E-state index >= 15 is 0 Å². The first kappa shape index (κ1) is 13.9. The van der Waals surface area contributed by atoms with Gasteiger partial charge in [-0.15, -0.1) is 0 Å². The normalized spacial score (nSPS) is 17.8. The van der Waals surface area contributed by atoms with Crippen LogP contribution in [0.25, 0.3) is 0 Å². The summed E-state index contributed by atoms with van der Waals surface area (Å²) in [6.45, 7) is 4.74. The van der Waals surface area contributed by atoms with Gasteiger partial charge in [0.05, 0.1) is 24.0 Å². The van der Waals surface area contributed by atoms with Gasteiger partial charge in [0.25, 0.3) is 0 Å². The average molecular weight is 266 g/mol. The van der Waals surface area contributed by atoms with Crippen LogP contribution in [0.2, 0.25) is 0 Å². The van der Waals surface area contributed by atoms with Gasteiger partial charge >= 0.3 is 6.03 Å². The van der Waals surface area contributed by atoms with Gasteiger partial charge in [0.15, 0.2) is 0 Å². The predicted octanol–water partition coefficient (Wildman–Crippen LogP) is 1.58. The van der Waals surface area contributed by atoms with Crippen LogP contribution in [0.1, 0.15) is 33.1 Å². The molecular weight excluding hydrogens is 244 g/mol. The summed E-state index contributed by atoms with van der Waals surface area (Å²) in [5.41, 5.74) is 0.144. The van der Waals surface area contributed by atoms with Gasteiger partial charge in [-0.25, -0.2) is 4.79 Å². The Morgan fingerprint density at radius 3 is 2.95 bits per heavy atom. The fourth-order valence-electron chi connectivity index (χ4n) is 2.19. The second kappa shape index (κ2) is 5.61. The molecule has 1 fully saturated rings. The average Bonchev–Trinajstić information content (AvgIpc) is 3.14. The Morgan fingerprint density at radius 2 is 2.37 bits per heavy atom. The summed E-state index contributed by atoms with van der Waals surface area (Å²) in [4.78, 5) is 11.9. The summed E-state index contributed by atoms with van der Waals surface area (Å²) < 4.78 is 1.79. The maximum atomic E-state index is 11.9. The van der Waals surface area contributed by atoms with E-state index in [4.69, 9.17) is 0 Å². The minimum absolute atomic E-state index is 0.0415. The van der Waals surface area contributed by atoms with E-state index in [-0.39, 0.29) is 12.6 Å². The zero-order valence-corrected chi connectivity index (χ0v) is 11.5. The minimum Gasteiger partial charge on any atom is -0.394 e. The number of aryl methyl sites for hydroxylation is 1. The molecule has 1 aliphatic carbocycles. The summed E-state index contributed by atoms with van der Waals surface area (Å²) in [5, 5.41) is 19.2. The maximum absolute atomic E-state index is 11.9. The van der Waals surface area contributed by atoms with Crippen molar-refractivity contribution in [1.29, 1.82) is 0 Å². The van der Waals surface area contributed by atoms with Crippen LogP contribution >= 0.6 is 0 Å². The van der Waals surface area contributed by atoms with Crippen LogP contribution in [0.4, 0.5) is 10.5 Å². The molecule has 0 aliphatic heterocycles. The fraction of sp³-hybridized carbons (Fsp3) is 0.692. The standard InChI is InChI=1S/C13H22N4O2/c1-3-6-17-8-11(7-14-17)15-12(19)16-13(2,9-18)10-4-5-10/h7-8,10,18H,3-6,9H2,1-2H3,(H2,15,16,19). The lowest BCUT2D eigenvalue weighted by molar-refractivity contribution is 0.159. The number of aromatic nitrogens is 2. The molecule has 0 spiro atoms. The van der Waals surface area contributed by atoms with Gasteiger partial charge in [-0.2, -0.15) is 5.10 Å². The molecule has 106 valence electrons. The van der Waals surface area contributed by atoms with Crippen molar-refractivity contribution in [3.63, 3.8) is 0 Å². The molecule has 19 heavy (non-hydrogen) atoms. The van der Waals surface area contributed by atoms with Crippen molar-refractivity contribution in [3.05, 3.63) is 12.4 Å². The van der Waals surface area contributed by atoms with E-state index < -0.39 is 5.54 Å². The Bertz CT molecular complexity index is 442. The SMILES string of the molecule is CCCn1cc(NC(=O)NC(C)(CO)C2CC2)cn1. The molecule has 1 saturated carbocycles. The van der Waals surface area contributed by atoms with Gasteiger partial charge in [0.1, 0.15) is 0 Å². The monoisotopic (exact) mass is 266 g/mol. The number of aliphatic hydroxyl groups excluding tert-OH is 1.